The molecule has 0 aliphatic carbocycles. The van der Waals surface area contributed by atoms with Crippen LogP contribution in [0.1, 0.15) is 30.0 Å². The number of carbonyl (C=O) groups excluding carboxylic acids is 2. The van der Waals surface area contributed by atoms with Crippen LogP contribution >= 0.6 is 0 Å². The van der Waals surface area contributed by atoms with Gasteiger partial charge in [-0.2, -0.15) is 0 Å². The molecule has 3 rings (SSSR count). The van der Waals surface area contributed by atoms with E-state index in [0.29, 0.717) is 30.4 Å². The highest BCUT2D eigenvalue weighted by Crippen LogP contribution is 2.21. The lowest BCUT2D eigenvalue weighted by Crippen LogP contribution is -2.43. The summed E-state index contributed by atoms with van der Waals surface area (Å²) in [6, 6.07) is 10.9. The van der Waals surface area contributed by atoms with E-state index in [9.17, 15) is 18.4 Å². The van der Waals surface area contributed by atoms with Gasteiger partial charge in [-0.1, -0.05) is 24.3 Å². The molecule has 130 valence electrons. The average Bonchev–Trinajstić information content (AvgIpc) is 3.01. The summed E-state index contributed by atoms with van der Waals surface area (Å²) in [5.41, 5.74) is 1.27. The van der Waals surface area contributed by atoms with E-state index in [1.165, 1.54) is 24.3 Å². The van der Waals surface area contributed by atoms with E-state index in [-0.39, 0.29) is 17.6 Å². The first kappa shape index (κ1) is 17.1. The van der Waals surface area contributed by atoms with Gasteiger partial charge >= 0.3 is 0 Å². The summed E-state index contributed by atoms with van der Waals surface area (Å²) < 4.78 is 27.0. The molecule has 0 unspecified atom stereocenters. The molecule has 25 heavy (non-hydrogen) atoms. The number of hydrogen-bond donors (Lipinski definition) is 2. The van der Waals surface area contributed by atoms with Gasteiger partial charge in [0.15, 0.2) is 0 Å². The van der Waals surface area contributed by atoms with Crippen LogP contribution in [0.2, 0.25) is 0 Å². The lowest BCUT2D eigenvalue weighted by molar-refractivity contribution is -0.126. The maximum Gasteiger partial charge on any atom is 0.243 e. The van der Waals surface area contributed by atoms with Gasteiger partial charge in [-0.25, -0.2) is 8.78 Å². The molecule has 1 aliphatic heterocycles. The zero-order chi connectivity index (χ0) is 17.8. The van der Waals surface area contributed by atoms with Crippen molar-refractivity contribution in [3.63, 3.8) is 0 Å². The summed E-state index contributed by atoms with van der Waals surface area (Å²) in [4.78, 5) is 23.7. The number of carbonyl (C=O) groups is 2. The molecule has 2 atom stereocenters. The Labute approximate surface area is 144 Å². The fourth-order valence-electron chi connectivity index (χ4n) is 2.96. The monoisotopic (exact) mass is 344 g/mol. The fourth-order valence-corrected chi connectivity index (χ4v) is 2.96. The predicted molar refractivity (Wildman–Crippen MR) is 88.6 cm³/mol. The van der Waals surface area contributed by atoms with Crippen molar-refractivity contribution < 1.29 is 18.4 Å². The van der Waals surface area contributed by atoms with Crippen molar-refractivity contribution in [1.82, 2.24) is 10.6 Å². The Bertz CT molecular complexity index is 794. The molecule has 0 saturated carbocycles. The molecular formula is C19H18F2N2O2. The Hall–Kier alpha value is -2.76. The van der Waals surface area contributed by atoms with Crippen molar-refractivity contribution in [1.29, 1.82) is 0 Å². The molecule has 4 nitrogen and oxygen atoms in total. The lowest BCUT2D eigenvalue weighted by atomic mass is 9.98. The Morgan fingerprint density at radius 2 is 1.88 bits per heavy atom. The van der Waals surface area contributed by atoms with Crippen molar-refractivity contribution in [2.24, 2.45) is 0 Å². The van der Waals surface area contributed by atoms with Gasteiger partial charge in [0.1, 0.15) is 17.7 Å². The van der Waals surface area contributed by atoms with E-state index in [4.69, 9.17) is 0 Å². The van der Waals surface area contributed by atoms with E-state index in [1.807, 2.05) is 0 Å². The van der Waals surface area contributed by atoms with Crippen molar-refractivity contribution >= 4 is 11.8 Å². The van der Waals surface area contributed by atoms with E-state index in [0.717, 1.165) is 0 Å². The number of amides is 2. The van der Waals surface area contributed by atoms with E-state index in [2.05, 4.69) is 10.6 Å². The fraction of sp³-hybridized carbons (Fsp3) is 0.263. The molecule has 2 aromatic carbocycles. The third kappa shape index (κ3) is 4.41. The van der Waals surface area contributed by atoms with Gasteiger partial charge in [0.05, 0.1) is 6.04 Å². The first-order valence-electron chi connectivity index (χ1n) is 8.11. The second kappa shape index (κ2) is 7.42. The number of hydrogen-bond acceptors (Lipinski definition) is 2. The van der Waals surface area contributed by atoms with Gasteiger partial charge in [-0.15, -0.1) is 0 Å². The molecule has 2 N–H and O–H groups in total. The quantitative estimate of drug-likeness (QED) is 0.876. The Morgan fingerprint density at radius 3 is 2.52 bits per heavy atom. The molecule has 0 spiro atoms. The first-order valence-corrected chi connectivity index (χ1v) is 8.11. The lowest BCUT2D eigenvalue weighted by Gasteiger charge is -2.22. The minimum absolute atomic E-state index is 0.160. The topological polar surface area (TPSA) is 58.2 Å². The summed E-state index contributed by atoms with van der Waals surface area (Å²) >= 11 is 0. The molecule has 2 aromatic rings. The van der Waals surface area contributed by atoms with Gasteiger partial charge in [0.25, 0.3) is 0 Å². The van der Waals surface area contributed by atoms with Crippen LogP contribution in [0.25, 0.3) is 0 Å². The second-order valence-electron chi connectivity index (χ2n) is 6.11. The smallest absolute Gasteiger partial charge is 0.243 e. The zero-order valence-corrected chi connectivity index (χ0v) is 13.5. The number of benzene rings is 2. The highest BCUT2D eigenvalue weighted by molar-refractivity contribution is 5.91. The number of nitrogens with one attached hydrogen (secondary N) is 2. The van der Waals surface area contributed by atoms with Crippen molar-refractivity contribution in [3.8, 4) is 0 Å². The van der Waals surface area contributed by atoms with Crippen LogP contribution in [0, 0.1) is 11.6 Å². The first-order chi connectivity index (χ1) is 12.0. The highest BCUT2D eigenvalue weighted by Gasteiger charge is 2.29. The molecule has 0 radical (unpaired) electrons. The summed E-state index contributed by atoms with van der Waals surface area (Å²) in [7, 11) is 0. The van der Waals surface area contributed by atoms with Crippen molar-refractivity contribution in [3.05, 3.63) is 71.3 Å². The molecule has 6 heteroatoms. The largest absolute Gasteiger partial charge is 0.347 e. The zero-order valence-electron chi connectivity index (χ0n) is 13.5. The van der Waals surface area contributed by atoms with Crippen LogP contribution in [0.3, 0.4) is 0 Å². The van der Waals surface area contributed by atoms with Crippen molar-refractivity contribution in [2.45, 2.75) is 31.3 Å². The summed E-state index contributed by atoms with van der Waals surface area (Å²) in [5, 5.41) is 5.46. The number of rotatable bonds is 5. The number of halogens is 2. The molecule has 1 saturated heterocycles. The van der Waals surface area contributed by atoms with Crippen LogP contribution < -0.4 is 10.6 Å². The molecule has 2 amide bonds. The van der Waals surface area contributed by atoms with Crippen LogP contribution in [0.4, 0.5) is 8.78 Å². The Balaban J connectivity index is 1.81. The van der Waals surface area contributed by atoms with Gasteiger partial charge < -0.3 is 10.6 Å². The SMILES string of the molecule is O=C1CC[C@@H](C(=O)N[C@@H](Cc2cccc(F)c2)c2cccc(F)c2)N1. The van der Waals surface area contributed by atoms with Gasteiger partial charge in [-0.3, -0.25) is 9.59 Å². The second-order valence-corrected chi connectivity index (χ2v) is 6.11. The van der Waals surface area contributed by atoms with Gasteiger partial charge in [0.2, 0.25) is 11.8 Å². The van der Waals surface area contributed by atoms with Crippen LogP contribution in [0.15, 0.2) is 48.5 Å². The Morgan fingerprint density at radius 1 is 1.16 bits per heavy atom. The maximum atomic E-state index is 13.6. The van der Waals surface area contributed by atoms with E-state index in [1.54, 1.807) is 24.3 Å². The minimum atomic E-state index is -0.587. The predicted octanol–water partition coefficient (Wildman–Crippen LogP) is 2.64. The standard InChI is InChI=1S/C19H18F2N2O2/c20-14-5-1-3-12(9-14)10-17(13-4-2-6-15(21)11-13)23-19(25)16-7-8-18(24)22-16/h1-6,9,11,16-17H,7-8,10H2,(H,22,24)(H,23,25)/t16-,17-/m0/s1. The molecule has 0 bridgehead atoms. The Kier molecular flexibility index (Phi) is 5.07. The van der Waals surface area contributed by atoms with Gasteiger partial charge in [0, 0.05) is 6.42 Å². The van der Waals surface area contributed by atoms with Gasteiger partial charge in [-0.05, 0) is 48.2 Å². The van der Waals surface area contributed by atoms with Crippen molar-refractivity contribution in [2.75, 3.05) is 0 Å². The maximum absolute atomic E-state index is 13.6. The van der Waals surface area contributed by atoms with E-state index >= 15 is 0 Å². The molecule has 1 heterocycles. The normalized spacial score (nSPS) is 17.8. The van der Waals surface area contributed by atoms with Crippen LogP contribution in [0.5, 0.6) is 0 Å². The molecule has 1 fully saturated rings. The molecular weight excluding hydrogens is 326 g/mol. The average molecular weight is 344 g/mol. The summed E-state index contributed by atoms with van der Waals surface area (Å²) in [6.07, 6.45) is 1.06. The van der Waals surface area contributed by atoms with E-state index < -0.39 is 17.9 Å². The minimum Gasteiger partial charge on any atom is -0.347 e. The summed E-state index contributed by atoms with van der Waals surface area (Å²) in [6.45, 7) is 0. The third-order valence-corrected chi connectivity index (χ3v) is 4.21. The highest BCUT2D eigenvalue weighted by atomic mass is 19.1. The third-order valence-electron chi connectivity index (χ3n) is 4.21. The van der Waals surface area contributed by atoms with Crippen LogP contribution in [-0.2, 0) is 16.0 Å². The van der Waals surface area contributed by atoms with Crippen LogP contribution in [-0.4, -0.2) is 17.9 Å². The molecule has 1 aliphatic rings. The molecule has 0 aromatic heterocycles. The summed E-state index contributed by atoms with van der Waals surface area (Å²) in [5.74, 6) is -1.26.